The van der Waals surface area contributed by atoms with Crippen LogP contribution in [0.5, 0.6) is 11.5 Å². The molecule has 0 radical (unpaired) electrons. The van der Waals surface area contributed by atoms with Crippen molar-refractivity contribution in [1.82, 2.24) is 26.2 Å². The van der Waals surface area contributed by atoms with Crippen molar-refractivity contribution in [2.24, 2.45) is 16.2 Å². The SMILES string of the molecule is CN[C@@H](C)C(=O)N[C@H](C(=O)N1CCC[C@H]1C(=O)N[C@H]1c2ccccc2C[C@H]1OCCOCCOCCOCCOc1ccc(C(=O)NC2C(C)(C)C(Oc3ccc(C#N)c(Cl)c3)C2(C)C)cc1)C(C)(C)C. The number of rotatable bonds is 24. The molecule has 1 saturated heterocycles. The number of nitriles is 1. The molecule has 4 amide bonds. The number of fused-ring (bicyclic) bond motifs is 1. The summed E-state index contributed by atoms with van der Waals surface area (Å²) in [7, 11) is 1.69. The van der Waals surface area contributed by atoms with E-state index >= 15 is 0 Å². The summed E-state index contributed by atoms with van der Waals surface area (Å²) < 4.78 is 35.6. The molecule has 0 spiro atoms. The molecule has 3 aromatic rings. The Bertz CT molecular complexity index is 2330. The Morgan fingerprint density at radius 3 is 2.08 bits per heavy atom. The first-order valence-corrected chi connectivity index (χ1v) is 25.1. The molecular formula is C54H73ClN6O10. The van der Waals surface area contributed by atoms with E-state index < -0.39 is 29.6 Å². The maximum Gasteiger partial charge on any atom is 0.251 e. The fourth-order valence-corrected chi connectivity index (χ4v) is 10.4. The largest absolute Gasteiger partial charge is 0.491 e. The summed E-state index contributed by atoms with van der Waals surface area (Å²) >= 11 is 6.24. The fourth-order valence-electron chi connectivity index (χ4n) is 10.2. The number of hydrogen-bond acceptors (Lipinski definition) is 12. The molecule has 0 unspecified atom stereocenters. The van der Waals surface area contributed by atoms with E-state index in [1.165, 1.54) is 0 Å². The standard InChI is InChI=1S/C54H73ClN6O10/c1-34(57-9)46(62)59-45(52(2,3)4)49(65)61-22-12-15-42(61)48(64)58-44-40-14-11-10-13-36(40)31-43(44)70-30-28-68-26-24-66-23-25-67-27-29-69-38-19-16-35(17-20-38)47(63)60-50-53(5,6)51(54(50,7)8)71-39-21-18-37(33-56)41(55)32-39/h10-11,13-14,16-21,32,34,42-45,50-51,57H,12,15,22-31H2,1-9H3,(H,58,64)(H,59,62)(H,60,63)/t34-,42-,43+,44-,45+,50?,51?/m0/s1. The first kappa shape index (κ1) is 55.0. The smallest absolute Gasteiger partial charge is 0.251 e. The molecular weight excluding hydrogens is 928 g/mol. The van der Waals surface area contributed by atoms with Crippen molar-refractivity contribution in [2.75, 3.05) is 66.4 Å². The molecule has 16 nitrogen and oxygen atoms in total. The Hall–Kier alpha value is -5.28. The van der Waals surface area contributed by atoms with Crippen molar-refractivity contribution in [3.05, 3.63) is 94.0 Å². The van der Waals surface area contributed by atoms with Crippen LogP contribution in [0.25, 0.3) is 0 Å². The van der Waals surface area contributed by atoms with Crippen LogP contribution in [-0.2, 0) is 39.8 Å². The molecule has 386 valence electrons. The van der Waals surface area contributed by atoms with Crippen LogP contribution in [0.1, 0.15) is 101 Å². The predicted octanol–water partition coefficient (Wildman–Crippen LogP) is 6.18. The molecule has 1 saturated carbocycles. The highest BCUT2D eigenvalue weighted by Crippen LogP contribution is 2.55. The van der Waals surface area contributed by atoms with E-state index in [2.05, 4.69) is 55.0 Å². The summed E-state index contributed by atoms with van der Waals surface area (Å²) in [6.07, 6.45) is 1.34. The summed E-state index contributed by atoms with van der Waals surface area (Å²) in [4.78, 5) is 55.7. The van der Waals surface area contributed by atoms with E-state index in [1.807, 2.05) is 45.0 Å². The van der Waals surface area contributed by atoms with Crippen molar-refractivity contribution < 1.29 is 47.6 Å². The van der Waals surface area contributed by atoms with Gasteiger partial charge < -0.3 is 54.6 Å². The Morgan fingerprint density at radius 1 is 0.845 bits per heavy atom. The fraction of sp³-hybridized carbons (Fsp3) is 0.574. The second-order valence-corrected chi connectivity index (χ2v) is 21.2. The number of hydrogen-bond donors (Lipinski definition) is 4. The van der Waals surface area contributed by atoms with Crippen LogP contribution < -0.4 is 30.7 Å². The van der Waals surface area contributed by atoms with Gasteiger partial charge in [-0.15, -0.1) is 0 Å². The first-order valence-electron chi connectivity index (χ1n) is 24.7. The van der Waals surface area contributed by atoms with Gasteiger partial charge in [0.2, 0.25) is 17.7 Å². The van der Waals surface area contributed by atoms with Gasteiger partial charge in [0.15, 0.2) is 0 Å². The summed E-state index contributed by atoms with van der Waals surface area (Å²) in [6.45, 7) is 19.1. The molecule has 71 heavy (non-hydrogen) atoms. The summed E-state index contributed by atoms with van der Waals surface area (Å²) in [5.41, 5.74) is 1.67. The number of amides is 4. The number of nitrogens with zero attached hydrogens (tertiary/aromatic N) is 2. The van der Waals surface area contributed by atoms with Gasteiger partial charge in [-0.1, -0.05) is 84.3 Å². The van der Waals surface area contributed by atoms with Crippen molar-refractivity contribution in [3.63, 3.8) is 0 Å². The lowest BCUT2D eigenvalue weighted by Crippen LogP contribution is -2.74. The number of halogens is 1. The van der Waals surface area contributed by atoms with Crippen molar-refractivity contribution in [3.8, 4) is 17.6 Å². The number of benzene rings is 3. The van der Waals surface area contributed by atoms with Gasteiger partial charge in [0.05, 0.1) is 75.0 Å². The highest BCUT2D eigenvalue weighted by molar-refractivity contribution is 6.31. The summed E-state index contributed by atoms with van der Waals surface area (Å²) in [5, 5.41) is 21.8. The molecule has 0 aromatic heterocycles. The zero-order chi connectivity index (χ0) is 51.5. The molecule has 17 heteroatoms. The molecule has 4 N–H and O–H groups in total. The first-order chi connectivity index (χ1) is 33.8. The van der Waals surface area contributed by atoms with E-state index in [4.69, 9.17) is 40.0 Å². The highest BCUT2D eigenvalue weighted by atomic mass is 35.5. The van der Waals surface area contributed by atoms with Gasteiger partial charge in [0.1, 0.15) is 42.4 Å². The predicted molar refractivity (Wildman–Crippen MR) is 269 cm³/mol. The number of likely N-dealkylation sites (tertiary alicyclic amines) is 1. The zero-order valence-electron chi connectivity index (χ0n) is 42.7. The van der Waals surface area contributed by atoms with Crippen molar-refractivity contribution in [2.45, 2.75) is 117 Å². The number of likely N-dealkylation sites (N-methyl/N-ethyl adjacent to an activating group) is 1. The topological polar surface area (TPSA) is 199 Å². The third kappa shape index (κ3) is 13.6. The molecule has 2 aliphatic carbocycles. The van der Waals surface area contributed by atoms with Gasteiger partial charge in [0.25, 0.3) is 5.91 Å². The molecule has 5 atom stereocenters. The molecule has 0 bridgehead atoms. The second kappa shape index (κ2) is 24.4. The molecule has 1 aliphatic heterocycles. The van der Waals surface area contributed by atoms with Crippen LogP contribution in [0.4, 0.5) is 0 Å². The number of carbonyl (C=O) groups excluding carboxylic acids is 4. The minimum absolute atomic E-state index is 0.161. The Kier molecular flexibility index (Phi) is 18.9. The Balaban J connectivity index is 0.837. The third-order valence-electron chi connectivity index (χ3n) is 13.9. The monoisotopic (exact) mass is 1000 g/mol. The zero-order valence-corrected chi connectivity index (χ0v) is 43.5. The average Bonchev–Trinajstić information content (AvgIpc) is 3.97. The van der Waals surface area contributed by atoms with E-state index in [0.29, 0.717) is 106 Å². The van der Waals surface area contributed by atoms with E-state index in [9.17, 15) is 24.4 Å². The van der Waals surface area contributed by atoms with Gasteiger partial charge in [-0.05, 0) is 79.8 Å². The molecule has 3 aromatic carbocycles. The molecule has 1 heterocycles. The van der Waals surface area contributed by atoms with Gasteiger partial charge >= 0.3 is 0 Å². The lowest BCUT2D eigenvalue weighted by molar-refractivity contribution is -0.164. The van der Waals surface area contributed by atoms with E-state index in [0.717, 1.165) is 11.1 Å². The third-order valence-corrected chi connectivity index (χ3v) is 14.2. The summed E-state index contributed by atoms with van der Waals surface area (Å²) in [5.74, 6) is 0.249. The maximum atomic E-state index is 14.0. The van der Waals surface area contributed by atoms with Crippen LogP contribution in [0.15, 0.2) is 66.7 Å². The normalized spacial score (nSPS) is 21.8. The quantitative estimate of drug-likeness (QED) is 0.0745. The average molecular weight is 1000 g/mol. The van der Waals surface area contributed by atoms with E-state index in [-0.39, 0.29) is 52.7 Å². The molecule has 2 fully saturated rings. The Morgan fingerprint density at radius 2 is 1.46 bits per heavy atom. The Labute approximate surface area is 424 Å². The second-order valence-electron chi connectivity index (χ2n) is 20.8. The number of ether oxygens (including phenoxy) is 6. The van der Waals surface area contributed by atoms with Crippen LogP contribution in [0.2, 0.25) is 5.02 Å². The minimum atomic E-state index is -0.795. The molecule has 3 aliphatic rings. The van der Waals surface area contributed by atoms with Crippen LogP contribution in [0.3, 0.4) is 0 Å². The number of carbonyl (C=O) groups is 4. The van der Waals surface area contributed by atoms with Crippen molar-refractivity contribution in [1.29, 1.82) is 5.26 Å². The number of nitrogens with one attached hydrogen (secondary N) is 4. The van der Waals surface area contributed by atoms with Gasteiger partial charge in [-0.3, -0.25) is 19.2 Å². The van der Waals surface area contributed by atoms with E-state index in [1.54, 1.807) is 61.3 Å². The van der Waals surface area contributed by atoms with Gasteiger partial charge in [0, 0.05) is 41.5 Å². The highest BCUT2D eigenvalue weighted by Gasteiger charge is 2.64. The van der Waals surface area contributed by atoms with Crippen LogP contribution >= 0.6 is 11.6 Å². The minimum Gasteiger partial charge on any atom is -0.491 e. The van der Waals surface area contributed by atoms with Crippen molar-refractivity contribution >= 4 is 35.2 Å². The summed E-state index contributed by atoms with van der Waals surface area (Å²) in [6, 6.07) is 19.6. The lowest BCUT2D eigenvalue weighted by Gasteiger charge is -2.63. The lowest BCUT2D eigenvalue weighted by atomic mass is 9.49. The molecule has 6 rings (SSSR count). The van der Waals surface area contributed by atoms with Gasteiger partial charge in [-0.2, -0.15) is 5.26 Å². The van der Waals surface area contributed by atoms with Gasteiger partial charge in [-0.25, -0.2) is 0 Å². The van der Waals surface area contributed by atoms with Crippen LogP contribution in [-0.4, -0.2) is 131 Å². The maximum absolute atomic E-state index is 14.0. The van der Waals surface area contributed by atoms with Crippen LogP contribution in [0, 0.1) is 27.6 Å².